The lowest BCUT2D eigenvalue weighted by molar-refractivity contribution is 0.00646. The van der Waals surface area contributed by atoms with Crippen LogP contribution in [0.25, 0.3) is 0 Å². The lowest BCUT2D eigenvalue weighted by atomic mass is 10.1. The number of halogens is 2. The second kappa shape index (κ2) is 4.53. The van der Waals surface area contributed by atoms with Crippen LogP contribution in [0.3, 0.4) is 0 Å². The van der Waals surface area contributed by atoms with E-state index in [1.54, 1.807) is 27.7 Å². The summed E-state index contributed by atoms with van der Waals surface area (Å²) in [4.78, 5) is 11.7. The molecule has 0 saturated carbocycles. The molecule has 0 N–H and O–H groups in total. The number of aryl methyl sites for hydroxylation is 1. The third-order valence-corrected chi connectivity index (χ3v) is 2.72. The predicted octanol–water partition coefficient (Wildman–Crippen LogP) is 3.85. The number of esters is 1. The topological polar surface area (TPSA) is 26.3 Å². The van der Waals surface area contributed by atoms with E-state index in [9.17, 15) is 9.18 Å². The highest BCUT2D eigenvalue weighted by Gasteiger charge is 2.21. The monoisotopic (exact) mass is 288 g/mol. The van der Waals surface area contributed by atoms with Crippen molar-refractivity contribution >= 4 is 21.9 Å². The Labute approximate surface area is 103 Å². The number of benzene rings is 1. The first-order valence-electron chi connectivity index (χ1n) is 4.90. The van der Waals surface area contributed by atoms with Crippen molar-refractivity contribution in [2.45, 2.75) is 33.3 Å². The van der Waals surface area contributed by atoms with Gasteiger partial charge in [0.25, 0.3) is 0 Å². The van der Waals surface area contributed by atoms with Gasteiger partial charge in [-0.1, -0.05) is 15.9 Å². The first kappa shape index (κ1) is 13.2. The smallest absolute Gasteiger partial charge is 0.341 e. The van der Waals surface area contributed by atoms with Gasteiger partial charge in [-0.3, -0.25) is 0 Å². The molecule has 0 spiro atoms. The van der Waals surface area contributed by atoms with Crippen LogP contribution < -0.4 is 0 Å². The van der Waals surface area contributed by atoms with Crippen LogP contribution in [0.5, 0.6) is 0 Å². The summed E-state index contributed by atoms with van der Waals surface area (Å²) in [5.74, 6) is -1.21. The van der Waals surface area contributed by atoms with Crippen LogP contribution in [0.4, 0.5) is 4.39 Å². The van der Waals surface area contributed by atoms with Crippen molar-refractivity contribution in [1.29, 1.82) is 0 Å². The standard InChI is InChI=1S/C12H14BrFO2/c1-7-5-10(14)8(6-9(7)13)11(15)16-12(2,3)4/h5-6H,1-4H3. The summed E-state index contributed by atoms with van der Waals surface area (Å²) in [5.41, 5.74) is 0.0677. The van der Waals surface area contributed by atoms with Gasteiger partial charge in [0, 0.05) is 4.47 Å². The molecule has 0 aliphatic heterocycles. The number of carbonyl (C=O) groups excluding carboxylic acids is 1. The highest BCUT2D eigenvalue weighted by molar-refractivity contribution is 9.10. The first-order valence-corrected chi connectivity index (χ1v) is 5.69. The molecule has 1 aromatic carbocycles. The van der Waals surface area contributed by atoms with Crippen LogP contribution in [0.1, 0.15) is 36.7 Å². The van der Waals surface area contributed by atoms with E-state index in [0.717, 1.165) is 5.56 Å². The zero-order chi connectivity index (χ0) is 12.5. The molecule has 0 aliphatic rings. The Morgan fingerprint density at radius 1 is 1.38 bits per heavy atom. The SMILES string of the molecule is Cc1cc(F)c(C(=O)OC(C)(C)C)cc1Br. The first-order chi connectivity index (χ1) is 7.20. The Bertz CT molecular complexity index is 422. The lowest BCUT2D eigenvalue weighted by Gasteiger charge is -2.19. The Morgan fingerprint density at radius 2 is 1.94 bits per heavy atom. The molecule has 1 rings (SSSR count). The number of ether oxygens (including phenoxy) is 1. The lowest BCUT2D eigenvalue weighted by Crippen LogP contribution is -2.24. The van der Waals surface area contributed by atoms with E-state index in [1.807, 2.05) is 0 Å². The molecule has 0 bridgehead atoms. The van der Waals surface area contributed by atoms with Gasteiger partial charge in [-0.25, -0.2) is 9.18 Å². The average Bonchev–Trinajstić information content (AvgIpc) is 2.08. The van der Waals surface area contributed by atoms with Gasteiger partial charge in [0.05, 0.1) is 5.56 Å². The summed E-state index contributed by atoms with van der Waals surface area (Å²) in [6.07, 6.45) is 0. The van der Waals surface area contributed by atoms with Gasteiger partial charge >= 0.3 is 5.97 Å². The molecule has 1 aromatic rings. The summed E-state index contributed by atoms with van der Waals surface area (Å²) in [6, 6.07) is 2.75. The minimum Gasteiger partial charge on any atom is -0.456 e. The van der Waals surface area contributed by atoms with Gasteiger partial charge in [-0.05, 0) is 45.4 Å². The van der Waals surface area contributed by atoms with Crippen LogP contribution in [0.2, 0.25) is 0 Å². The molecular weight excluding hydrogens is 275 g/mol. The fourth-order valence-corrected chi connectivity index (χ4v) is 1.48. The van der Waals surface area contributed by atoms with Crippen LogP contribution in [-0.2, 0) is 4.74 Å². The molecule has 0 heterocycles. The summed E-state index contributed by atoms with van der Waals surface area (Å²) >= 11 is 3.25. The molecule has 0 amide bonds. The number of hydrogen-bond acceptors (Lipinski definition) is 2. The quantitative estimate of drug-likeness (QED) is 0.734. The molecule has 0 atom stereocenters. The van der Waals surface area contributed by atoms with E-state index in [-0.39, 0.29) is 5.56 Å². The van der Waals surface area contributed by atoms with Crippen molar-refractivity contribution in [2.24, 2.45) is 0 Å². The molecule has 0 unspecified atom stereocenters. The van der Waals surface area contributed by atoms with Crippen molar-refractivity contribution in [2.75, 3.05) is 0 Å². The third-order valence-electron chi connectivity index (χ3n) is 1.87. The summed E-state index contributed by atoms with van der Waals surface area (Å²) < 4.78 is 19.3. The van der Waals surface area contributed by atoms with Crippen molar-refractivity contribution in [1.82, 2.24) is 0 Å². The maximum atomic E-state index is 13.5. The van der Waals surface area contributed by atoms with Crippen molar-refractivity contribution < 1.29 is 13.9 Å². The van der Waals surface area contributed by atoms with Crippen LogP contribution in [0, 0.1) is 12.7 Å². The van der Waals surface area contributed by atoms with Gasteiger partial charge in [0.2, 0.25) is 0 Å². The summed E-state index contributed by atoms with van der Waals surface area (Å²) in [6.45, 7) is 6.98. The maximum absolute atomic E-state index is 13.5. The molecule has 0 radical (unpaired) electrons. The Hall–Kier alpha value is -0.900. The predicted molar refractivity (Wildman–Crippen MR) is 64.0 cm³/mol. The van der Waals surface area contributed by atoms with Crippen LogP contribution >= 0.6 is 15.9 Å². The molecule has 0 saturated heterocycles. The second-order valence-corrected chi connectivity index (χ2v) is 5.44. The van der Waals surface area contributed by atoms with E-state index in [1.165, 1.54) is 12.1 Å². The molecular formula is C12H14BrFO2. The van der Waals surface area contributed by atoms with E-state index < -0.39 is 17.4 Å². The summed E-state index contributed by atoms with van der Waals surface area (Å²) in [7, 11) is 0. The molecule has 0 aliphatic carbocycles. The molecule has 0 aromatic heterocycles. The molecule has 16 heavy (non-hydrogen) atoms. The summed E-state index contributed by atoms with van der Waals surface area (Å²) in [5, 5.41) is 0. The van der Waals surface area contributed by atoms with E-state index >= 15 is 0 Å². The van der Waals surface area contributed by atoms with E-state index in [0.29, 0.717) is 4.47 Å². The molecule has 4 heteroatoms. The molecule has 2 nitrogen and oxygen atoms in total. The van der Waals surface area contributed by atoms with Gasteiger partial charge in [0.15, 0.2) is 0 Å². The number of rotatable bonds is 1. The zero-order valence-electron chi connectivity index (χ0n) is 9.73. The van der Waals surface area contributed by atoms with Crippen molar-refractivity contribution in [3.8, 4) is 0 Å². The number of carbonyl (C=O) groups is 1. The second-order valence-electron chi connectivity index (χ2n) is 4.58. The Balaban J connectivity index is 3.05. The largest absolute Gasteiger partial charge is 0.456 e. The zero-order valence-corrected chi connectivity index (χ0v) is 11.3. The van der Waals surface area contributed by atoms with Crippen molar-refractivity contribution in [3.63, 3.8) is 0 Å². The van der Waals surface area contributed by atoms with E-state index in [4.69, 9.17) is 4.74 Å². The fourth-order valence-electron chi connectivity index (χ4n) is 1.14. The van der Waals surface area contributed by atoms with Gasteiger partial charge < -0.3 is 4.74 Å². The fraction of sp³-hybridized carbons (Fsp3) is 0.417. The minimum atomic E-state index is -0.648. The van der Waals surface area contributed by atoms with Crippen LogP contribution in [-0.4, -0.2) is 11.6 Å². The van der Waals surface area contributed by atoms with Gasteiger partial charge in [-0.15, -0.1) is 0 Å². The normalized spacial score (nSPS) is 11.4. The van der Waals surface area contributed by atoms with E-state index in [2.05, 4.69) is 15.9 Å². The highest BCUT2D eigenvalue weighted by atomic mass is 79.9. The minimum absolute atomic E-state index is 0.0487. The van der Waals surface area contributed by atoms with Gasteiger partial charge in [-0.2, -0.15) is 0 Å². The molecule has 0 fully saturated rings. The highest BCUT2D eigenvalue weighted by Crippen LogP contribution is 2.22. The van der Waals surface area contributed by atoms with Gasteiger partial charge in [0.1, 0.15) is 11.4 Å². The Morgan fingerprint density at radius 3 is 2.44 bits per heavy atom. The Kier molecular flexibility index (Phi) is 3.73. The third kappa shape index (κ3) is 3.30. The maximum Gasteiger partial charge on any atom is 0.341 e. The molecule has 88 valence electrons. The number of hydrogen-bond donors (Lipinski definition) is 0. The van der Waals surface area contributed by atoms with Crippen molar-refractivity contribution in [3.05, 3.63) is 33.5 Å². The van der Waals surface area contributed by atoms with Crippen LogP contribution in [0.15, 0.2) is 16.6 Å². The average molecular weight is 289 g/mol.